The van der Waals surface area contributed by atoms with E-state index in [9.17, 15) is 15.1 Å². The van der Waals surface area contributed by atoms with Gasteiger partial charge in [-0.15, -0.1) is 5.06 Å². The number of hydroxylamine groups is 2. The van der Waals surface area contributed by atoms with E-state index in [1.54, 1.807) is 0 Å². The molecule has 0 spiro atoms. The lowest BCUT2D eigenvalue weighted by Crippen LogP contribution is -2.78. The number of urea groups is 1. The molecule has 0 aromatic rings. The molecule has 0 aromatic heterocycles. The van der Waals surface area contributed by atoms with Crippen LogP contribution in [0, 0.1) is 0 Å². The van der Waals surface area contributed by atoms with E-state index in [1.807, 2.05) is 6.92 Å². The second kappa shape index (κ2) is 5.34. The number of ether oxygens (including phenoxy) is 2. The van der Waals surface area contributed by atoms with Gasteiger partial charge in [0.05, 0.1) is 13.2 Å². The number of fused-ring (bicyclic) bond motifs is 1. The van der Waals surface area contributed by atoms with Gasteiger partial charge in [-0.25, -0.2) is 9.79 Å². The van der Waals surface area contributed by atoms with Crippen molar-refractivity contribution >= 4 is 11.9 Å². The van der Waals surface area contributed by atoms with Crippen LogP contribution in [0.25, 0.3) is 0 Å². The number of rotatable bonds is 3. The fourth-order valence-electron chi connectivity index (χ4n) is 3.90. The third-order valence-electron chi connectivity index (χ3n) is 4.82. The van der Waals surface area contributed by atoms with Crippen molar-refractivity contribution in [3.8, 4) is 0 Å². The molecular weight excluding hydrogens is 292 g/mol. The Hall–Kier alpha value is -1.42. The molecule has 0 radical (unpaired) electrons. The lowest BCUT2D eigenvalue weighted by atomic mass is 9.70. The Morgan fingerprint density at radius 2 is 2.41 bits per heavy atom. The molecule has 9 nitrogen and oxygen atoms in total. The third kappa shape index (κ3) is 1.79. The third-order valence-corrected chi connectivity index (χ3v) is 4.82. The summed E-state index contributed by atoms with van der Waals surface area (Å²) in [7, 11) is 1.45. The number of carbonyl (C=O) groups excluding carboxylic acids is 1. The molecule has 0 bridgehead atoms. The fraction of sp³-hybridized carbons (Fsp3) is 0.846. The first-order chi connectivity index (χ1) is 10.5. The lowest BCUT2D eigenvalue weighted by molar-refractivity contribution is -0.198. The number of carbonyl (C=O) groups is 1. The Bertz CT molecular complexity index is 493. The van der Waals surface area contributed by atoms with Crippen LogP contribution in [0.1, 0.15) is 26.2 Å². The summed E-state index contributed by atoms with van der Waals surface area (Å²) in [5, 5.41) is 27.3. The van der Waals surface area contributed by atoms with Crippen LogP contribution >= 0.6 is 0 Å². The summed E-state index contributed by atoms with van der Waals surface area (Å²) in [6.45, 7) is 2.27. The molecule has 3 rings (SSSR count). The first-order valence-corrected chi connectivity index (χ1v) is 7.47. The van der Waals surface area contributed by atoms with Gasteiger partial charge >= 0.3 is 6.03 Å². The molecule has 9 heteroatoms. The molecule has 4 atom stereocenters. The van der Waals surface area contributed by atoms with Crippen molar-refractivity contribution in [3.63, 3.8) is 0 Å². The van der Waals surface area contributed by atoms with E-state index in [1.165, 1.54) is 7.11 Å². The van der Waals surface area contributed by atoms with Gasteiger partial charge in [-0.05, 0) is 19.3 Å². The Morgan fingerprint density at radius 3 is 3.00 bits per heavy atom. The Kier molecular flexibility index (Phi) is 3.76. The van der Waals surface area contributed by atoms with Crippen molar-refractivity contribution in [2.75, 3.05) is 20.4 Å². The molecule has 0 saturated carbocycles. The van der Waals surface area contributed by atoms with Crippen molar-refractivity contribution < 1.29 is 24.6 Å². The van der Waals surface area contributed by atoms with Gasteiger partial charge in [0.25, 0.3) is 0 Å². The molecule has 4 N–H and O–H groups in total. The smallest absolute Gasteiger partial charge is 0.317 e. The Balaban J connectivity index is 2.18. The maximum absolute atomic E-state index is 12.0. The summed E-state index contributed by atoms with van der Waals surface area (Å²) in [4.78, 5) is 16.2. The highest BCUT2D eigenvalue weighted by Gasteiger charge is 2.71. The average molecular weight is 314 g/mol. The van der Waals surface area contributed by atoms with Crippen molar-refractivity contribution in [1.29, 1.82) is 0 Å². The van der Waals surface area contributed by atoms with Crippen molar-refractivity contribution in [1.82, 2.24) is 15.7 Å². The zero-order valence-corrected chi connectivity index (χ0v) is 12.7. The first-order valence-electron chi connectivity index (χ1n) is 7.47. The van der Waals surface area contributed by atoms with Gasteiger partial charge in [-0.1, -0.05) is 6.92 Å². The number of nitrogens with zero attached hydrogens (tertiary/aromatic N) is 2. The maximum Gasteiger partial charge on any atom is 0.317 e. The van der Waals surface area contributed by atoms with Crippen LogP contribution in [-0.4, -0.2) is 71.1 Å². The molecule has 2 saturated heterocycles. The summed E-state index contributed by atoms with van der Waals surface area (Å²) >= 11 is 0. The molecular formula is C13H22N4O5. The highest BCUT2D eigenvalue weighted by atomic mass is 16.5. The standard InChI is InChI=1S/C13H22N4O5/c1-3-8(18)12(5-4-6-22-12)13-9(15-11(19)16-13)17(20)7-14-10(13)21-2/h8-9,18,20H,3-7H2,1-2H3,(H2,15,16,19)/t8-,9?,12?,13?/m0/s1. The normalized spacial score (nSPS) is 39.7. The average Bonchev–Trinajstić information content (AvgIpc) is 3.13. The molecule has 124 valence electrons. The number of aliphatic hydroxyl groups is 1. The number of aliphatic imine (C=N–C) groups is 1. The van der Waals surface area contributed by atoms with E-state index >= 15 is 0 Å². The highest BCUT2D eigenvalue weighted by Crippen LogP contribution is 2.46. The van der Waals surface area contributed by atoms with Gasteiger partial charge in [0, 0.05) is 6.61 Å². The van der Waals surface area contributed by atoms with Gasteiger partial charge in [0.15, 0.2) is 5.54 Å². The van der Waals surface area contributed by atoms with Gasteiger partial charge in [-0.2, -0.15) is 0 Å². The minimum atomic E-state index is -1.28. The van der Waals surface area contributed by atoms with Gasteiger partial charge in [-0.3, -0.25) is 0 Å². The summed E-state index contributed by atoms with van der Waals surface area (Å²) < 4.78 is 11.4. The number of amides is 2. The number of methoxy groups -OCH3 is 1. The predicted octanol–water partition coefficient (Wildman–Crippen LogP) is -0.609. The van der Waals surface area contributed by atoms with E-state index < -0.39 is 29.4 Å². The molecule has 3 heterocycles. The van der Waals surface area contributed by atoms with Crippen LogP contribution in [0.2, 0.25) is 0 Å². The van der Waals surface area contributed by atoms with Crippen molar-refractivity contribution in [2.45, 2.75) is 49.6 Å². The Morgan fingerprint density at radius 1 is 1.64 bits per heavy atom. The lowest BCUT2D eigenvalue weighted by Gasteiger charge is -2.51. The number of nitrogens with one attached hydrogen (secondary N) is 2. The van der Waals surface area contributed by atoms with Gasteiger partial charge in [0.1, 0.15) is 18.4 Å². The maximum atomic E-state index is 12.0. The predicted molar refractivity (Wildman–Crippen MR) is 75.3 cm³/mol. The first kappa shape index (κ1) is 15.5. The van der Waals surface area contributed by atoms with Crippen LogP contribution < -0.4 is 10.6 Å². The minimum absolute atomic E-state index is 0.0319. The SMILES string of the molecule is CC[C@H](O)C1(C23NC(=O)NC2N(O)CN=C3OC)CCCO1. The highest BCUT2D eigenvalue weighted by molar-refractivity contribution is 5.97. The zero-order valence-electron chi connectivity index (χ0n) is 12.7. The molecule has 3 aliphatic rings. The van der Waals surface area contributed by atoms with Crippen molar-refractivity contribution in [2.24, 2.45) is 4.99 Å². The quantitative estimate of drug-likeness (QED) is 0.552. The summed E-state index contributed by atoms with van der Waals surface area (Å²) in [6.07, 6.45) is 0.0316. The molecule has 3 aliphatic heterocycles. The summed E-state index contributed by atoms with van der Waals surface area (Å²) in [6, 6.07) is -0.464. The molecule has 0 aliphatic carbocycles. The van der Waals surface area contributed by atoms with Crippen LogP contribution in [-0.2, 0) is 9.47 Å². The van der Waals surface area contributed by atoms with E-state index in [-0.39, 0.29) is 12.6 Å². The molecule has 3 unspecified atom stereocenters. The topological polar surface area (TPSA) is 116 Å². The Labute approximate surface area is 128 Å². The minimum Gasteiger partial charge on any atom is -0.482 e. The van der Waals surface area contributed by atoms with Crippen LogP contribution in [0.4, 0.5) is 4.79 Å². The van der Waals surface area contributed by atoms with Gasteiger partial charge < -0.3 is 30.4 Å². The molecule has 0 aromatic carbocycles. The van der Waals surface area contributed by atoms with Crippen LogP contribution in [0.5, 0.6) is 0 Å². The zero-order chi connectivity index (χ0) is 16.0. The van der Waals surface area contributed by atoms with E-state index in [2.05, 4.69) is 15.6 Å². The number of hydrogen-bond donors (Lipinski definition) is 4. The molecule has 2 amide bonds. The number of aliphatic hydroxyl groups excluding tert-OH is 1. The number of hydrogen-bond acceptors (Lipinski definition) is 7. The molecule has 2 fully saturated rings. The van der Waals surface area contributed by atoms with Crippen LogP contribution in [0.15, 0.2) is 4.99 Å². The summed E-state index contributed by atoms with van der Waals surface area (Å²) in [5.74, 6) is 0.246. The van der Waals surface area contributed by atoms with Gasteiger partial charge in [0.2, 0.25) is 5.90 Å². The van der Waals surface area contributed by atoms with E-state index in [0.29, 0.717) is 19.4 Å². The monoisotopic (exact) mass is 314 g/mol. The van der Waals surface area contributed by atoms with Crippen molar-refractivity contribution in [3.05, 3.63) is 0 Å². The van der Waals surface area contributed by atoms with Crippen LogP contribution in [0.3, 0.4) is 0 Å². The fourth-order valence-corrected chi connectivity index (χ4v) is 3.90. The van der Waals surface area contributed by atoms with E-state index in [0.717, 1.165) is 11.5 Å². The molecule has 22 heavy (non-hydrogen) atoms. The largest absolute Gasteiger partial charge is 0.482 e. The second-order valence-electron chi connectivity index (χ2n) is 5.82. The second-order valence-corrected chi connectivity index (χ2v) is 5.82. The van der Waals surface area contributed by atoms with E-state index in [4.69, 9.17) is 9.47 Å². The summed E-state index contributed by atoms with van der Waals surface area (Å²) in [5.41, 5.74) is -2.39.